The van der Waals surface area contributed by atoms with Crippen LogP contribution in [-0.4, -0.2) is 53.7 Å². The molecule has 9 atom stereocenters. The molecule has 51 heavy (non-hydrogen) atoms. The number of likely N-dealkylation sites (tertiary alicyclic amines) is 1. The third kappa shape index (κ3) is 5.93. The molecule has 1 saturated heterocycles. The van der Waals surface area contributed by atoms with Crippen molar-refractivity contribution < 1.29 is 14.7 Å². The molecule has 0 radical (unpaired) electrons. The van der Waals surface area contributed by atoms with Crippen molar-refractivity contribution in [2.45, 2.75) is 131 Å². The number of allylic oxidation sites excluding steroid dienone is 3. The molecule has 0 spiro atoms. The number of benzene rings is 1. The van der Waals surface area contributed by atoms with Gasteiger partial charge in [0.2, 0.25) is 0 Å². The Bertz CT molecular complexity index is 1540. The highest BCUT2D eigenvalue weighted by molar-refractivity contribution is 5.88. The van der Waals surface area contributed by atoms with Crippen LogP contribution in [0.4, 0.5) is 4.79 Å². The van der Waals surface area contributed by atoms with Gasteiger partial charge in [0, 0.05) is 12.1 Å². The highest BCUT2D eigenvalue weighted by Crippen LogP contribution is 2.76. The first kappa shape index (κ1) is 36.7. The number of carbonyl (C=O) groups excluding carboxylic acids is 1. The molecular weight excluding hydrogens is 631 g/mol. The van der Waals surface area contributed by atoms with E-state index in [1.807, 2.05) is 12.1 Å². The summed E-state index contributed by atoms with van der Waals surface area (Å²) in [5.41, 5.74) is 4.73. The van der Waals surface area contributed by atoms with Crippen molar-refractivity contribution in [1.82, 2.24) is 15.5 Å². The Kier molecular flexibility index (Phi) is 9.63. The van der Waals surface area contributed by atoms with Gasteiger partial charge in [-0.15, -0.1) is 0 Å². The van der Waals surface area contributed by atoms with E-state index in [2.05, 4.69) is 69.7 Å². The monoisotopic (exact) mass is 698 g/mol. The van der Waals surface area contributed by atoms with Crippen LogP contribution in [0.2, 0.25) is 0 Å². The molecule has 1 aliphatic heterocycles. The zero-order valence-corrected chi connectivity index (χ0v) is 32.7. The van der Waals surface area contributed by atoms with Gasteiger partial charge in [-0.1, -0.05) is 71.4 Å². The molecule has 6 heteroatoms. The number of nitrogens with zero attached hydrogens (tertiary/aromatic N) is 1. The number of carbonyl (C=O) groups is 2. The van der Waals surface area contributed by atoms with Crippen LogP contribution in [0, 0.1) is 51.2 Å². The Morgan fingerprint density at radius 1 is 0.882 bits per heavy atom. The number of urea groups is 1. The number of fused-ring (bicyclic) bond motifs is 7. The van der Waals surface area contributed by atoms with Gasteiger partial charge in [-0.2, -0.15) is 0 Å². The number of piperidine rings is 1. The summed E-state index contributed by atoms with van der Waals surface area (Å²) in [7, 11) is 0. The van der Waals surface area contributed by atoms with Gasteiger partial charge in [0.05, 0.1) is 5.56 Å². The zero-order valence-electron chi connectivity index (χ0n) is 32.7. The van der Waals surface area contributed by atoms with E-state index in [4.69, 9.17) is 0 Å². The number of carboxylic acids is 1. The van der Waals surface area contributed by atoms with Gasteiger partial charge < -0.3 is 20.6 Å². The first-order chi connectivity index (χ1) is 24.2. The maximum Gasteiger partial charge on any atom is 0.335 e. The van der Waals surface area contributed by atoms with Crippen molar-refractivity contribution in [3.8, 4) is 0 Å². The molecule has 6 nitrogen and oxygen atoms in total. The van der Waals surface area contributed by atoms with E-state index in [9.17, 15) is 14.7 Å². The summed E-state index contributed by atoms with van der Waals surface area (Å²) in [5, 5.41) is 16.5. The summed E-state index contributed by atoms with van der Waals surface area (Å²) >= 11 is 0. The highest BCUT2D eigenvalue weighted by Gasteiger charge is 2.70. The molecule has 4 saturated carbocycles. The molecule has 0 aromatic heterocycles. The van der Waals surface area contributed by atoms with E-state index in [1.54, 1.807) is 12.1 Å². The molecule has 6 aliphatic rings. The summed E-state index contributed by atoms with van der Waals surface area (Å²) in [6.45, 7) is 23.9. The number of aromatic carboxylic acids is 1. The SMILES string of the molecule is C=C(C)[C@@H]1CC[C@]2(NC(=O)NCCCN3CCCCC3)CC[C@]3(C)[C@H](CC[C@@H]4[C@@]5(C)CC=C(c6ccc(C(=O)O)cc6)C(C)(C)[C@@H]5CC[C@]43C)[C@@H]12. The fraction of sp³-hybridized carbons (Fsp3) is 0.733. The minimum absolute atomic E-state index is 0.000102. The first-order valence-corrected chi connectivity index (χ1v) is 20.6. The highest BCUT2D eigenvalue weighted by atomic mass is 16.4. The minimum atomic E-state index is -0.869. The maximum atomic E-state index is 13.7. The maximum absolute atomic E-state index is 13.7. The summed E-state index contributed by atoms with van der Waals surface area (Å²) in [6.07, 6.45) is 18.0. The van der Waals surface area contributed by atoms with Crippen LogP contribution >= 0.6 is 0 Å². The van der Waals surface area contributed by atoms with Crippen LogP contribution in [0.15, 0.2) is 42.5 Å². The molecule has 3 N–H and O–H groups in total. The number of amides is 2. The third-order valence-electron chi connectivity index (χ3n) is 16.8. The quantitative estimate of drug-likeness (QED) is 0.187. The first-order valence-electron chi connectivity index (χ1n) is 20.6. The van der Waals surface area contributed by atoms with Crippen LogP contribution in [0.3, 0.4) is 0 Å². The van der Waals surface area contributed by atoms with Gasteiger partial charge in [-0.3, -0.25) is 0 Å². The van der Waals surface area contributed by atoms with E-state index >= 15 is 0 Å². The lowest BCUT2D eigenvalue weighted by Crippen LogP contribution is -2.68. The molecule has 0 unspecified atom stereocenters. The minimum Gasteiger partial charge on any atom is -0.478 e. The Morgan fingerprint density at radius 2 is 1.61 bits per heavy atom. The molecule has 2 amide bonds. The topological polar surface area (TPSA) is 81.7 Å². The smallest absolute Gasteiger partial charge is 0.335 e. The van der Waals surface area contributed by atoms with Gasteiger partial charge in [-0.05, 0) is 178 Å². The Hall–Kier alpha value is -2.60. The van der Waals surface area contributed by atoms with Crippen molar-refractivity contribution in [3.63, 3.8) is 0 Å². The Morgan fingerprint density at radius 3 is 2.29 bits per heavy atom. The van der Waals surface area contributed by atoms with E-state index in [-0.39, 0.29) is 33.2 Å². The second kappa shape index (κ2) is 13.4. The number of carboxylic acid groups (broad SMARTS) is 1. The van der Waals surface area contributed by atoms with Crippen molar-refractivity contribution in [2.24, 2.45) is 51.2 Å². The summed E-state index contributed by atoms with van der Waals surface area (Å²) in [6, 6.07) is 7.62. The summed E-state index contributed by atoms with van der Waals surface area (Å²) in [4.78, 5) is 27.8. The lowest BCUT2D eigenvalue weighted by atomic mass is 9.33. The molecular formula is C45H67N3O3. The number of hydrogen-bond donors (Lipinski definition) is 3. The lowest BCUT2D eigenvalue weighted by molar-refractivity contribution is -0.218. The molecule has 5 aliphatic carbocycles. The summed E-state index contributed by atoms with van der Waals surface area (Å²) < 4.78 is 0. The predicted molar refractivity (Wildman–Crippen MR) is 207 cm³/mol. The molecule has 1 aromatic carbocycles. The summed E-state index contributed by atoms with van der Waals surface area (Å²) in [5.74, 6) is 1.83. The second-order valence-electron chi connectivity index (χ2n) is 19.4. The number of nitrogens with one attached hydrogen (secondary N) is 2. The largest absolute Gasteiger partial charge is 0.478 e. The number of rotatable bonds is 8. The Balaban J connectivity index is 1.11. The van der Waals surface area contributed by atoms with Crippen molar-refractivity contribution >= 4 is 17.6 Å². The van der Waals surface area contributed by atoms with Gasteiger partial charge in [-0.25, -0.2) is 9.59 Å². The van der Waals surface area contributed by atoms with Gasteiger partial charge >= 0.3 is 12.0 Å². The van der Waals surface area contributed by atoms with E-state index in [0.29, 0.717) is 35.2 Å². The second-order valence-corrected chi connectivity index (χ2v) is 19.4. The molecule has 7 rings (SSSR count). The van der Waals surface area contributed by atoms with Crippen molar-refractivity contribution in [3.05, 3.63) is 53.6 Å². The fourth-order valence-corrected chi connectivity index (χ4v) is 14.2. The van der Waals surface area contributed by atoms with E-state index in [0.717, 1.165) is 45.2 Å². The van der Waals surface area contributed by atoms with Crippen molar-refractivity contribution in [2.75, 3.05) is 26.2 Å². The van der Waals surface area contributed by atoms with Crippen LogP contribution in [0.25, 0.3) is 5.57 Å². The van der Waals surface area contributed by atoms with Gasteiger partial charge in [0.1, 0.15) is 0 Å². The Labute approximate surface area is 308 Å². The van der Waals surface area contributed by atoms with E-state index in [1.165, 1.54) is 81.2 Å². The van der Waals surface area contributed by atoms with Crippen LogP contribution < -0.4 is 10.6 Å². The van der Waals surface area contributed by atoms with Crippen molar-refractivity contribution in [1.29, 1.82) is 0 Å². The lowest BCUT2D eigenvalue weighted by Gasteiger charge is -2.72. The standard InChI is InChI=1S/C45H67N3O3/c1-30(2)33-18-23-45(47-40(51)46-26-11-29-48-27-9-8-10-28-48)25-24-43(6)35(38(33)45)16-17-37-42(5)21-19-34(31-12-14-32(15-13-31)39(49)50)41(3,4)36(42)20-22-44(37,43)7/h12-15,19,33,35-38H,1,8-11,16-18,20-29H2,2-7H3,(H,49,50)(H2,46,47,51)/t33-,35+,36-,37+,38+,42-,43+,44+,45-/m0/s1. The normalized spacial score (nSPS) is 40.1. The third-order valence-corrected chi connectivity index (χ3v) is 16.8. The fourth-order valence-electron chi connectivity index (χ4n) is 14.2. The average Bonchev–Trinajstić information content (AvgIpc) is 3.47. The van der Waals surface area contributed by atoms with Gasteiger partial charge in [0.25, 0.3) is 0 Å². The molecule has 1 aromatic rings. The van der Waals surface area contributed by atoms with Crippen LogP contribution in [-0.2, 0) is 0 Å². The van der Waals surface area contributed by atoms with Crippen LogP contribution in [0.1, 0.15) is 141 Å². The molecule has 5 fully saturated rings. The number of hydrogen-bond acceptors (Lipinski definition) is 3. The molecule has 1 heterocycles. The van der Waals surface area contributed by atoms with E-state index < -0.39 is 5.97 Å². The predicted octanol–water partition coefficient (Wildman–Crippen LogP) is 9.96. The zero-order chi connectivity index (χ0) is 36.4. The average molecular weight is 698 g/mol. The van der Waals surface area contributed by atoms with Gasteiger partial charge in [0.15, 0.2) is 0 Å². The molecule has 0 bridgehead atoms. The molecule has 280 valence electrons. The van der Waals surface area contributed by atoms with Crippen LogP contribution in [0.5, 0.6) is 0 Å².